The lowest BCUT2D eigenvalue weighted by molar-refractivity contribution is -0.123. The fourth-order valence-electron chi connectivity index (χ4n) is 3.25. The summed E-state index contributed by atoms with van der Waals surface area (Å²) in [5.74, 6) is 1.51. The Hall–Kier alpha value is -0.570. The van der Waals surface area contributed by atoms with E-state index in [1.165, 1.54) is 44.1 Å². The van der Waals surface area contributed by atoms with Crippen LogP contribution in [0.15, 0.2) is 18.2 Å². The molecule has 2 N–H and O–H groups in total. The van der Waals surface area contributed by atoms with Crippen molar-refractivity contribution in [2.24, 2.45) is 23.5 Å². The number of nitrogens with two attached hydrogens (primary N) is 1. The second-order valence-corrected chi connectivity index (χ2v) is 8.28. The Bertz CT molecular complexity index is 525. The van der Waals surface area contributed by atoms with Gasteiger partial charge in [0.2, 0.25) is 0 Å². The molecule has 0 saturated heterocycles. The van der Waals surface area contributed by atoms with E-state index in [1.54, 1.807) is 0 Å². The lowest BCUT2D eigenvalue weighted by atomic mass is 9.77. The number of benzene rings is 1. The van der Waals surface area contributed by atoms with Crippen molar-refractivity contribution in [1.82, 2.24) is 0 Å². The predicted molar refractivity (Wildman–Crippen MR) is 121 cm³/mol. The van der Waals surface area contributed by atoms with Gasteiger partial charge in [-0.15, -0.1) is 0 Å². The molecule has 0 fully saturated rings. The molecule has 27 heavy (non-hydrogen) atoms. The topological polar surface area (TPSA) is 43.1 Å². The zero-order valence-electron chi connectivity index (χ0n) is 17.9. The van der Waals surface area contributed by atoms with Crippen LogP contribution < -0.4 is 5.73 Å². The highest BCUT2D eigenvalue weighted by Crippen LogP contribution is 2.30. The van der Waals surface area contributed by atoms with Gasteiger partial charge in [-0.25, -0.2) is 0 Å². The fraction of sp³-hybridized carbons (Fsp3) is 0.696. The molecule has 0 bridgehead atoms. The second-order valence-electron chi connectivity index (χ2n) is 7.46. The van der Waals surface area contributed by atoms with Crippen LogP contribution in [0.1, 0.15) is 78.7 Å². The molecule has 4 heteroatoms. The Morgan fingerprint density at radius 3 is 1.96 bits per heavy atom. The van der Waals surface area contributed by atoms with Gasteiger partial charge in [-0.1, -0.05) is 102 Å². The number of aryl methyl sites for hydroxylation is 1. The highest BCUT2D eigenvalue weighted by Gasteiger charge is 2.25. The van der Waals surface area contributed by atoms with Gasteiger partial charge in [0.05, 0.1) is 16.6 Å². The molecule has 0 aliphatic carbocycles. The van der Waals surface area contributed by atoms with Gasteiger partial charge in [-0.3, -0.25) is 4.79 Å². The molecule has 0 spiro atoms. The van der Waals surface area contributed by atoms with Crippen LogP contribution in [0.5, 0.6) is 0 Å². The van der Waals surface area contributed by atoms with Crippen LogP contribution in [0.3, 0.4) is 0 Å². The summed E-state index contributed by atoms with van der Waals surface area (Å²) in [4.78, 5) is 11.7. The number of hydrogen-bond acceptors (Lipinski definition) is 2. The Labute approximate surface area is 177 Å². The van der Waals surface area contributed by atoms with Gasteiger partial charge in [0.1, 0.15) is 5.78 Å². The highest BCUT2D eigenvalue weighted by molar-refractivity contribution is 6.42. The minimum absolute atomic E-state index is 0.124. The molecular formula is C23H39Cl2NO. The van der Waals surface area contributed by atoms with Gasteiger partial charge in [0, 0.05) is 5.92 Å². The molecule has 0 amide bonds. The molecule has 1 aromatic rings. The SMILES string of the molecule is CCCCC(CCCC)C(C)C(C)C(=O)CN.CCc1ccc(Cl)c(Cl)c1. The maximum Gasteiger partial charge on any atom is 0.149 e. The Balaban J connectivity index is 0.000000569. The number of rotatable bonds is 11. The standard InChI is InChI=1S/C15H31NO.C8H8Cl2/c1-5-7-9-14(10-8-6-2)12(3)13(4)15(17)11-16;1-2-6-3-4-7(9)8(10)5-6/h12-14H,5-11,16H2,1-4H3;3-5H,2H2,1H3. The Morgan fingerprint density at radius 2 is 1.56 bits per heavy atom. The van der Waals surface area contributed by atoms with E-state index in [1.807, 2.05) is 25.1 Å². The van der Waals surface area contributed by atoms with Crippen molar-refractivity contribution < 1.29 is 4.79 Å². The zero-order chi connectivity index (χ0) is 20.8. The molecule has 0 radical (unpaired) electrons. The maximum atomic E-state index is 11.7. The normalized spacial score (nSPS) is 13.1. The molecule has 0 saturated carbocycles. The molecule has 1 rings (SSSR count). The highest BCUT2D eigenvalue weighted by atomic mass is 35.5. The molecule has 156 valence electrons. The maximum absolute atomic E-state index is 11.7. The molecule has 0 aromatic heterocycles. The van der Waals surface area contributed by atoms with Gasteiger partial charge in [0.25, 0.3) is 0 Å². The van der Waals surface area contributed by atoms with E-state index in [9.17, 15) is 4.79 Å². The molecule has 2 unspecified atom stereocenters. The van der Waals surface area contributed by atoms with Crippen LogP contribution in [-0.4, -0.2) is 12.3 Å². The van der Waals surface area contributed by atoms with E-state index in [4.69, 9.17) is 28.9 Å². The molecule has 0 aliphatic heterocycles. The minimum Gasteiger partial charge on any atom is -0.324 e. The summed E-state index contributed by atoms with van der Waals surface area (Å²) in [5.41, 5.74) is 6.68. The van der Waals surface area contributed by atoms with Gasteiger partial charge in [0.15, 0.2) is 0 Å². The number of Topliss-reactive ketones (excluding diaryl/α,β-unsaturated/α-hetero) is 1. The lowest BCUT2D eigenvalue weighted by Gasteiger charge is -2.28. The third-order valence-electron chi connectivity index (χ3n) is 5.49. The van der Waals surface area contributed by atoms with Crippen molar-refractivity contribution in [3.05, 3.63) is 33.8 Å². The molecule has 2 nitrogen and oxygen atoms in total. The number of unbranched alkanes of at least 4 members (excludes halogenated alkanes) is 2. The molecular weight excluding hydrogens is 377 g/mol. The summed E-state index contributed by atoms with van der Waals surface area (Å²) in [6.07, 6.45) is 8.57. The minimum atomic E-state index is 0.124. The van der Waals surface area contributed by atoms with Crippen LogP contribution in [0.4, 0.5) is 0 Å². The van der Waals surface area contributed by atoms with Crippen LogP contribution in [-0.2, 0) is 11.2 Å². The third-order valence-corrected chi connectivity index (χ3v) is 6.23. The smallest absolute Gasteiger partial charge is 0.149 e. The van der Waals surface area contributed by atoms with Crippen molar-refractivity contribution in [1.29, 1.82) is 0 Å². The first-order valence-corrected chi connectivity index (χ1v) is 11.2. The summed E-state index contributed by atoms with van der Waals surface area (Å²) < 4.78 is 0. The molecule has 1 aromatic carbocycles. The monoisotopic (exact) mass is 415 g/mol. The summed E-state index contributed by atoms with van der Waals surface area (Å²) in [6.45, 7) is 11.0. The number of ketones is 1. The van der Waals surface area contributed by atoms with Crippen LogP contribution >= 0.6 is 23.2 Å². The van der Waals surface area contributed by atoms with Crippen molar-refractivity contribution in [3.63, 3.8) is 0 Å². The first-order chi connectivity index (χ1) is 12.8. The van der Waals surface area contributed by atoms with Crippen molar-refractivity contribution >= 4 is 29.0 Å². The van der Waals surface area contributed by atoms with E-state index in [2.05, 4.69) is 27.7 Å². The summed E-state index contributed by atoms with van der Waals surface area (Å²) in [7, 11) is 0. The fourth-order valence-corrected chi connectivity index (χ4v) is 3.57. The lowest BCUT2D eigenvalue weighted by Crippen LogP contribution is -2.30. The average Bonchev–Trinajstić information content (AvgIpc) is 2.69. The van der Waals surface area contributed by atoms with Crippen LogP contribution in [0.25, 0.3) is 0 Å². The van der Waals surface area contributed by atoms with Crippen LogP contribution in [0, 0.1) is 17.8 Å². The number of carbonyl (C=O) groups excluding carboxylic acids is 1. The molecule has 0 aliphatic rings. The van der Waals surface area contributed by atoms with Gasteiger partial charge >= 0.3 is 0 Å². The first kappa shape index (κ1) is 26.4. The Kier molecular flexibility index (Phi) is 15.0. The van der Waals surface area contributed by atoms with Crippen LogP contribution in [0.2, 0.25) is 10.0 Å². The van der Waals surface area contributed by atoms with Gasteiger partial charge < -0.3 is 5.73 Å². The van der Waals surface area contributed by atoms with E-state index in [-0.39, 0.29) is 18.2 Å². The molecule has 0 heterocycles. The number of hydrogen-bond donors (Lipinski definition) is 1. The largest absolute Gasteiger partial charge is 0.324 e. The second kappa shape index (κ2) is 15.4. The van der Waals surface area contributed by atoms with Crippen molar-refractivity contribution in [2.75, 3.05) is 6.54 Å². The van der Waals surface area contributed by atoms with Gasteiger partial charge in [-0.05, 0) is 36.0 Å². The van der Waals surface area contributed by atoms with E-state index in [0.717, 1.165) is 6.42 Å². The van der Waals surface area contributed by atoms with Crippen molar-refractivity contribution in [2.45, 2.75) is 79.6 Å². The van der Waals surface area contributed by atoms with E-state index in [0.29, 0.717) is 21.9 Å². The summed E-state index contributed by atoms with van der Waals surface area (Å²) in [6, 6.07) is 5.70. The summed E-state index contributed by atoms with van der Waals surface area (Å²) >= 11 is 11.5. The number of halogens is 2. The van der Waals surface area contributed by atoms with E-state index < -0.39 is 0 Å². The average molecular weight is 416 g/mol. The zero-order valence-corrected chi connectivity index (χ0v) is 19.4. The van der Waals surface area contributed by atoms with E-state index >= 15 is 0 Å². The first-order valence-electron chi connectivity index (χ1n) is 10.5. The molecule has 2 atom stereocenters. The van der Waals surface area contributed by atoms with Crippen molar-refractivity contribution in [3.8, 4) is 0 Å². The summed E-state index contributed by atoms with van der Waals surface area (Å²) in [5, 5.41) is 1.26. The predicted octanol–water partition coefficient (Wildman–Crippen LogP) is 7.34. The third kappa shape index (κ3) is 10.5. The Morgan fingerprint density at radius 1 is 1.00 bits per heavy atom. The number of carbonyl (C=O) groups is 1. The quantitative estimate of drug-likeness (QED) is 0.410. The van der Waals surface area contributed by atoms with Gasteiger partial charge in [-0.2, -0.15) is 0 Å².